The number of ketones is 1. The fourth-order valence-electron chi connectivity index (χ4n) is 3.08. The van der Waals surface area contributed by atoms with Gasteiger partial charge >= 0.3 is 5.97 Å². The number of rotatable bonds is 8. The molecule has 6 nitrogen and oxygen atoms in total. The Morgan fingerprint density at radius 3 is 2.55 bits per heavy atom. The van der Waals surface area contributed by atoms with Crippen LogP contribution in [0.2, 0.25) is 0 Å². The highest BCUT2D eigenvalue weighted by Gasteiger charge is 2.16. The molecule has 0 aromatic heterocycles. The maximum atomic E-state index is 12.2. The summed E-state index contributed by atoms with van der Waals surface area (Å²) >= 11 is 0. The molecule has 1 aliphatic rings. The van der Waals surface area contributed by atoms with Gasteiger partial charge in [0, 0.05) is 11.0 Å². The van der Waals surface area contributed by atoms with E-state index in [2.05, 4.69) is 4.72 Å². The average Bonchev–Trinajstić information content (AvgIpc) is 3.18. The summed E-state index contributed by atoms with van der Waals surface area (Å²) in [5.41, 5.74) is 4.71. The molecule has 0 amide bonds. The number of hydrogen-bond acceptors (Lipinski definition) is 5. The van der Waals surface area contributed by atoms with Gasteiger partial charge in [-0.3, -0.25) is 9.59 Å². The number of ether oxygens (including phenoxy) is 1. The van der Waals surface area contributed by atoms with Crippen LogP contribution in [0, 0.1) is 6.92 Å². The highest BCUT2D eigenvalue weighted by molar-refractivity contribution is 7.92. The topological polar surface area (TPSA) is 89.5 Å². The summed E-state index contributed by atoms with van der Waals surface area (Å²) in [5, 5.41) is 0.987. The van der Waals surface area contributed by atoms with E-state index in [1.54, 1.807) is 18.2 Å². The summed E-state index contributed by atoms with van der Waals surface area (Å²) < 4.78 is 31.0. The van der Waals surface area contributed by atoms with Gasteiger partial charge in [-0.1, -0.05) is 42.0 Å². The Kier molecular flexibility index (Phi) is 6.61. The molecule has 0 heterocycles. The van der Waals surface area contributed by atoms with Crippen molar-refractivity contribution in [1.82, 2.24) is 4.72 Å². The predicted octanol–water partition coefficient (Wildman–Crippen LogP) is 2.80. The SMILES string of the molecule is Cc1ccc(/C=C/S(=O)(=O)NCC(=O)OCC(=O)c2ccc3c(c2)CCC3)cc1. The van der Waals surface area contributed by atoms with Crippen molar-refractivity contribution in [3.8, 4) is 0 Å². The number of nitrogens with one attached hydrogen (secondary N) is 1. The summed E-state index contributed by atoms with van der Waals surface area (Å²) in [5.74, 6) is -1.12. The first-order valence-corrected chi connectivity index (χ1v) is 10.9. The molecule has 0 radical (unpaired) electrons. The van der Waals surface area contributed by atoms with Crippen LogP contribution in [0.3, 0.4) is 0 Å². The molecule has 1 N–H and O–H groups in total. The van der Waals surface area contributed by atoms with Gasteiger partial charge in [0.15, 0.2) is 12.4 Å². The van der Waals surface area contributed by atoms with Crippen LogP contribution in [0.5, 0.6) is 0 Å². The first kappa shape index (κ1) is 21.0. The van der Waals surface area contributed by atoms with Crippen LogP contribution in [-0.4, -0.2) is 33.3 Å². The maximum absolute atomic E-state index is 12.2. The van der Waals surface area contributed by atoms with Gasteiger partial charge in [-0.25, -0.2) is 13.1 Å². The minimum atomic E-state index is -3.80. The predicted molar refractivity (Wildman–Crippen MR) is 111 cm³/mol. The van der Waals surface area contributed by atoms with Crippen molar-refractivity contribution in [1.29, 1.82) is 0 Å². The Bertz CT molecular complexity index is 1040. The van der Waals surface area contributed by atoms with Gasteiger partial charge in [-0.15, -0.1) is 0 Å². The quantitative estimate of drug-likeness (QED) is 0.531. The fraction of sp³-hybridized carbons (Fsp3) is 0.273. The van der Waals surface area contributed by atoms with Gasteiger partial charge in [0.05, 0.1) is 0 Å². The van der Waals surface area contributed by atoms with E-state index in [1.165, 1.54) is 11.6 Å². The van der Waals surface area contributed by atoms with Crippen molar-refractivity contribution >= 4 is 27.9 Å². The largest absolute Gasteiger partial charge is 0.456 e. The van der Waals surface area contributed by atoms with Crippen LogP contribution < -0.4 is 4.72 Å². The number of benzene rings is 2. The van der Waals surface area contributed by atoms with Crippen molar-refractivity contribution in [2.45, 2.75) is 26.2 Å². The maximum Gasteiger partial charge on any atom is 0.321 e. The zero-order chi connectivity index (χ0) is 20.9. The number of sulfonamides is 1. The van der Waals surface area contributed by atoms with Crippen molar-refractivity contribution in [3.63, 3.8) is 0 Å². The molecule has 0 bridgehead atoms. The lowest BCUT2D eigenvalue weighted by Crippen LogP contribution is -2.30. The molecule has 0 saturated heterocycles. The first-order valence-electron chi connectivity index (χ1n) is 9.37. The molecule has 2 aromatic rings. The number of Topliss-reactive ketones (excluding diaryl/α,β-unsaturated/α-hetero) is 1. The van der Waals surface area contributed by atoms with Gasteiger partial charge in [-0.2, -0.15) is 0 Å². The molecule has 3 rings (SSSR count). The molecule has 0 atom stereocenters. The molecule has 0 saturated carbocycles. The van der Waals surface area contributed by atoms with Gasteiger partial charge in [0.1, 0.15) is 6.54 Å². The third-order valence-corrected chi connectivity index (χ3v) is 5.76. The Hall–Kier alpha value is -2.77. The second kappa shape index (κ2) is 9.15. The number of carbonyl (C=O) groups excluding carboxylic acids is 2. The second-order valence-electron chi connectivity index (χ2n) is 7.00. The Labute approximate surface area is 170 Å². The van der Waals surface area contributed by atoms with Crippen molar-refractivity contribution in [2.24, 2.45) is 0 Å². The Balaban J connectivity index is 1.46. The highest BCUT2D eigenvalue weighted by atomic mass is 32.2. The Morgan fingerprint density at radius 2 is 1.79 bits per heavy atom. The van der Waals surface area contributed by atoms with E-state index < -0.39 is 29.1 Å². The monoisotopic (exact) mass is 413 g/mol. The number of fused-ring (bicyclic) bond motifs is 1. The zero-order valence-corrected chi connectivity index (χ0v) is 17.0. The molecule has 152 valence electrons. The fourth-order valence-corrected chi connectivity index (χ4v) is 3.83. The molecule has 7 heteroatoms. The zero-order valence-electron chi connectivity index (χ0n) is 16.2. The van der Waals surface area contributed by atoms with E-state index in [0.717, 1.165) is 41.4 Å². The summed E-state index contributed by atoms with van der Waals surface area (Å²) in [6.45, 7) is 0.975. The lowest BCUT2D eigenvalue weighted by Gasteiger charge is -2.07. The molecule has 0 spiro atoms. The number of esters is 1. The van der Waals surface area contributed by atoms with Crippen LogP contribution in [0.1, 0.15) is 39.0 Å². The lowest BCUT2D eigenvalue weighted by atomic mass is 10.0. The van der Waals surface area contributed by atoms with E-state index in [4.69, 9.17) is 4.74 Å². The first-order chi connectivity index (χ1) is 13.8. The van der Waals surface area contributed by atoms with Crippen molar-refractivity contribution < 1.29 is 22.7 Å². The smallest absolute Gasteiger partial charge is 0.321 e. The summed E-state index contributed by atoms with van der Waals surface area (Å²) in [4.78, 5) is 24.0. The molecular weight excluding hydrogens is 390 g/mol. The highest BCUT2D eigenvalue weighted by Crippen LogP contribution is 2.23. The minimum absolute atomic E-state index is 0.310. The van der Waals surface area contributed by atoms with Crippen molar-refractivity contribution in [2.75, 3.05) is 13.2 Å². The van der Waals surface area contributed by atoms with Crippen LogP contribution >= 0.6 is 0 Å². The third kappa shape index (κ3) is 6.10. The van der Waals surface area contributed by atoms with Crippen molar-refractivity contribution in [3.05, 3.63) is 75.7 Å². The number of hydrogen-bond donors (Lipinski definition) is 1. The van der Waals surface area contributed by atoms with Gasteiger partial charge < -0.3 is 4.74 Å². The third-order valence-electron chi connectivity index (χ3n) is 4.72. The molecule has 0 unspecified atom stereocenters. The molecule has 1 aliphatic carbocycles. The second-order valence-corrected chi connectivity index (χ2v) is 8.65. The molecular formula is C22H23NO5S. The van der Waals surface area contributed by atoms with Crippen LogP contribution in [0.15, 0.2) is 47.9 Å². The summed E-state index contributed by atoms with van der Waals surface area (Å²) in [6.07, 6.45) is 4.50. The molecule has 0 aliphatic heterocycles. The summed E-state index contributed by atoms with van der Waals surface area (Å²) in [6, 6.07) is 12.8. The number of carbonyl (C=O) groups is 2. The van der Waals surface area contributed by atoms with E-state index in [1.807, 2.05) is 31.2 Å². The van der Waals surface area contributed by atoms with Crippen LogP contribution in [0.25, 0.3) is 6.08 Å². The average molecular weight is 413 g/mol. The van der Waals surface area contributed by atoms with E-state index >= 15 is 0 Å². The molecule has 29 heavy (non-hydrogen) atoms. The molecule has 2 aromatic carbocycles. The van der Waals surface area contributed by atoms with E-state index in [9.17, 15) is 18.0 Å². The van der Waals surface area contributed by atoms with Gasteiger partial charge in [0.2, 0.25) is 10.0 Å². The lowest BCUT2D eigenvalue weighted by molar-refractivity contribution is -0.141. The van der Waals surface area contributed by atoms with Crippen LogP contribution in [-0.2, 0) is 32.4 Å². The normalized spacial score (nSPS) is 13.4. The minimum Gasteiger partial charge on any atom is -0.456 e. The van der Waals surface area contributed by atoms with Gasteiger partial charge in [-0.05, 0) is 55.0 Å². The Morgan fingerprint density at radius 1 is 1.07 bits per heavy atom. The van der Waals surface area contributed by atoms with Crippen LogP contribution in [0.4, 0.5) is 0 Å². The van der Waals surface area contributed by atoms with E-state index in [-0.39, 0.29) is 5.78 Å². The summed E-state index contributed by atoms with van der Waals surface area (Å²) in [7, 11) is -3.80. The standard InChI is InChI=1S/C22H23NO5S/c1-16-5-7-17(8-6-16)11-12-29(26,27)23-14-22(25)28-15-21(24)20-10-9-18-3-2-4-19(18)13-20/h5-13,23H,2-4,14-15H2,1H3/b12-11+. The van der Waals surface area contributed by atoms with E-state index in [0.29, 0.717) is 5.56 Å². The number of aryl methyl sites for hydroxylation is 3. The van der Waals surface area contributed by atoms with Gasteiger partial charge in [0.25, 0.3) is 0 Å². The molecule has 0 fully saturated rings.